The molecular weight excluding hydrogens is 272 g/mol. The van der Waals surface area contributed by atoms with Crippen LogP contribution < -0.4 is 10.6 Å². The minimum absolute atomic E-state index is 0.732. The fourth-order valence-corrected chi connectivity index (χ4v) is 4.23. The maximum absolute atomic E-state index is 9.09. The van der Waals surface area contributed by atoms with Crippen molar-refractivity contribution in [3.05, 3.63) is 29.8 Å². The highest BCUT2D eigenvalue weighted by Crippen LogP contribution is 2.36. The van der Waals surface area contributed by atoms with Crippen molar-refractivity contribution in [3.8, 4) is 6.07 Å². The molecule has 1 aliphatic carbocycles. The third-order valence-electron chi connectivity index (χ3n) is 5.26. The Kier molecular flexibility index (Phi) is 4.97. The Morgan fingerprint density at radius 2 is 1.95 bits per heavy atom. The molecule has 22 heavy (non-hydrogen) atoms. The van der Waals surface area contributed by atoms with Gasteiger partial charge in [-0.3, -0.25) is 0 Å². The molecule has 2 unspecified atom stereocenters. The quantitative estimate of drug-likeness (QED) is 0.791. The lowest BCUT2D eigenvalue weighted by atomic mass is 9.92. The molecule has 2 bridgehead atoms. The topological polar surface area (TPSA) is 51.1 Å². The molecule has 0 amide bonds. The highest BCUT2D eigenvalue weighted by molar-refractivity contribution is 5.56. The second kappa shape index (κ2) is 7.13. The van der Waals surface area contributed by atoms with Gasteiger partial charge in [0.15, 0.2) is 0 Å². The van der Waals surface area contributed by atoms with E-state index in [1.807, 2.05) is 24.3 Å². The van der Waals surface area contributed by atoms with E-state index >= 15 is 0 Å². The van der Waals surface area contributed by atoms with Crippen molar-refractivity contribution in [2.45, 2.75) is 25.3 Å². The van der Waals surface area contributed by atoms with Gasteiger partial charge in [0.2, 0.25) is 0 Å². The van der Waals surface area contributed by atoms with Gasteiger partial charge in [0.25, 0.3) is 0 Å². The molecule has 4 nitrogen and oxygen atoms in total. The molecule has 1 aromatic rings. The summed E-state index contributed by atoms with van der Waals surface area (Å²) >= 11 is 0. The molecule has 1 heterocycles. The molecule has 0 radical (unpaired) electrons. The average Bonchev–Trinajstić information content (AvgIpc) is 2.81. The largest absolute Gasteiger partial charge is 0.384 e. The Balaban J connectivity index is 1.42. The number of benzene rings is 1. The Hall–Kier alpha value is -1.57. The number of para-hydroxylation sites is 1. The maximum atomic E-state index is 9.09. The van der Waals surface area contributed by atoms with Gasteiger partial charge in [0.05, 0.1) is 11.3 Å². The Bertz CT molecular complexity index is 522. The molecule has 2 fully saturated rings. The maximum Gasteiger partial charge on any atom is 0.101 e. The van der Waals surface area contributed by atoms with Crippen molar-refractivity contribution in [3.63, 3.8) is 0 Å². The Morgan fingerprint density at radius 3 is 2.64 bits per heavy atom. The van der Waals surface area contributed by atoms with E-state index in [9.17, 15) is 0 Å². The van der Waals surface area contributed by atoms with Gasteiger partial charge in [-0.25, -0.2) is 0 Å². The summed E-state index contributed by atoms with van der Waals surface area (Å²) in [6.07, 6.45) is 3.91. The lowest BCUT2D eigenvalue weighted by molar-refractivity contribution is 0.133. The van der Waals surface area contributed by atoms with Crippen LogP contribution in [0, 0.1) is 23.2 Å². The smallest absolute Gasteiger partial charge is 0.101 e. The number of piperidine rings is 1. The zero-order chi connectivity index (χ0) is 15.4. The number of likely N-dealkylation sites (tertiary alicyclic amines) is 1. The first kappa shape index (κ1) is 15.3. The van der Waals surface area contributed by atoms with Crippen molar-refractivity contribution >= 4 is 5.69 Å². The lowest BCUT2D eigenvalue weighted by Crippen LogP contribution is -2.50. The van der Waals surface area contributed by atoms with Gasteiger partial charge in [-0.1, -0.05) is 12.1 Å². The summed E-state index contributed by atoms with van der Waals surface area (Å²) in [5, 5.41) is 16.0. The number of nitrogens with zero attached hydrogens (tertiary/aromatic N) is 2. The van der Waals surface area contributed by atoms with Crippen LogP contribution in [0.3, 0.4) is 0 Å². The first-order valence-corrected chi connectivity index (χ1v) is 8.44. The van der Waals surface area contributed by atoms with E-state index in [0.29, 0.717) is 0 Å². The second-order valence-corrected chi connectivity index (χ2v) is 6.61. The van der Waals surface area contributed by atoms with E-state index in [1.54, 1.807) is 0 Å². The zero-order valence-electron chi connectivity index (χ0n) is 13.4. The first-order valence-electron chi connectivity index (χ1n) is 8.44. The van der Waals surface area contributed by atoms with Gasteiger partial charge in [0.1, 0.15) is 6.07 Å². The summed E-state index contributed by atoms with van der Waals surface area (Å²) in [5.41, 5.74) is 1.69. The fraction of sp³-hybridized carbons (Fsp3) is 0.611. The Labute approximate surface area is 133 Å². The number of anilines is 1. The third kappa shape index (κ3) is 3.26. The van der Waals surface area contributed by atoms with Crippen LogP contribution in [-0.4, -0.2) is 44.2 Å². The molecule has 2 N–H and O–H groups in total. The van der Waals surface area contributed by atoms with Gasteiger partial charge < -0.3 is 15.5 Å². The molecule has 3 rings (SSSR count). The van der Waals surface area contributed by atoms with E-state index in [0.717, 1.165) is 48.6 Å². The minimum Gasteiger partial charge on any atom is -0.384 e. The van der Waals surface area contributed by atoms with E-state index in [4.69, 9.17) is 5.26 Å². The van der Waals surface area contributed by atoms with Crippen LogP contribution in [0.4, 0.5) is 5.69 Å². The van der Waals surface area contributed by atoms with Crippen molar-refractivity contribution < 1.29 is 0 Å². The number of fused-ring (bicyclic) bond motifs is 2. The highest BCUT2D eigenvalue weighted by atomic mass is 15.2. The highest BCUT2D eigenvalue weighted by Gasteiger charge is 2.40. The molecule has 1 aliphatic heterocycles. The lowest BCUT2D eigenvalue weighted by Gasteiger charge is -2.38. The molecule has 4 heteroatoms. The number of rotatable bonds is 6. The summed E-state index contributed by atoms with van der Waals surface area (Å²) < 4.78 is 0. The van der Waals surface area contributed by atoms with Crippen LogP contribution in [-0.2, 0) is 0 Å². The summed E-state index contributed by atoms with van der Waals surface area (Å²) in [6.45, 7) is 4.58. The van der Waals surface area contributed by atoms with E-state index < -0.39 is 0 Å². The molecule has 0 spiro atoms. The van der Waals surface area contributed by atoms with Gasteiger partial charge in [-0.2, -0.15) is 5.26 Å². The van der Waals surface area contributed by atoms with Crippen LogP contribution in [0.15, 0.2) is 24.3 Å². The van der Waals surface area contributed by atoms with Gasteiger partial charge in [0, 0.05) is 25.7 Å². The number of nitriles is 1. The molecular formula is C18H26N4. The molecule has 0 aromatic heterocycles. The number of nitrogens with one attached hydrogen (secondary N) is 2. The average molecular weight is 298 g/mol. The van der Waals surface area contributed by atoms with E-state index in [1.165, 1.54) is 25.9 Å². The first-order chi connectivity index (χ1) is 10.8. The van der Waals surface area contributed by atoms with Crippen molar-refractivity contribution in [1.29, 1.82) is 5.26 Å². The molecule has 1 aromatic carbocycles. The number of hydrogen-bond donors (Lipinski definition) is 2. The van der Waals surface area contributed by atoms with Crippen LogP contribution in [0.5, 0.6) is 0 Å². The van der Waals surface area contributed by atoms with Gasteiger partial charge in [-0.05, 0) is 56.8 Å². The standard InChI is InChI=1S/C18H26N4/c1-20-18-15-7-8-16(18)13-22(12-15)10-4-9-21-17-6-3-2-5-14(17)11-19/h2-3,5-6,15-16,18,20-21H,4,7-10,12-13H2,1H3. The number of hydrogen-bond acceptors (Lipinski definition) is 4. The molecule has 2 aliphatic rings. The summed E-state index contributed by atoms with van der Waals surface area (Å²) in [5.74, 6) is 1.69. The molecule has 118 valence electrons. The summed E-state index contributed by atoms with van der Waals surface area (Å²) in [7, 11) is 2.11. The molecule has 1 saturated heterocycles. The molecule has 1 saturated carbocycles. The fourth-order valence-electron chi connectivity index (χ4n) is 4.23. The Morgan fingerprint density at radius 1 is 1.23 bits per heavy atom. The normalized spacial score (nSPS) is 27.5. The van der Waals surface area contributed by atoms with Gasteiger partial charge in [-0.15, -0.1) is 0 Å². The van der Waals surface area contributed by atoms with Crippen molar-refractivity contribution in [2.75, 3.05) is 38.5 Å². The van der Waals surface area contributed by atoms with Crippen molar-refractivity contribution in [2.24, 2.45) is 11.8 Å². The third-order valence-corrected chi connectivity index (χ3v) is 5.26. The predicted octanol–water partition coefficient (Wildman–Crippen LogP) is 2.29. The van der Waals surface area contributed by atoms with Crippen LogP contribution in [0.25, 0.3) is 0 Å². The van der Waals surface area contributed by atoms with E-state index in [2.05, 4.69) is 28.7 Å². The minimum atomic E-state index is 0.732. The summed E-state index contributed by atoms with van der Waals surface area (Å²) in [6, 6.07) is 10.7. The van der Waals surface area contributed by atoms with E-state index in [-0.39, 0.29) is 0 Å². The van der Waals surface area contributed by atoms with Crippen molar-refractivity contribution in [1.82, 2.24) is 10.2 Å². The van der Waals surface area contributed by atoms with Crippen LogP contribution >= 0.6 is 0 Å². The zero-order valence-corrected chi connectivity index (χ0v) is 13.4. The van der Waals surface area contributed by atoms with Crippen LogP contribution in [0.1, 0.15) is 24.8 Å². The molecule has 2 atom stereocenters. The second-order valence-electron chi connectivity index (χ2n) is 6.61. The predicted molar refractivity (Wildman–Crippen MR) is 89.8 cm³/mol. The van der Waals surface area contributed by atoms with Gasteiger partial charge >= 0.3 is 0 Å². The van der Waals surface area contributed by atoms with Crippen LogP contribution in [0.2, 0.25) is 0 Å². The SMILES string of the molecule is CNC1C2CCC1CN(CCCNc1ccccc1C#N)C2. The monoisotopic (exact) mass is 298 g/mol. The summed E-state index contributed by atoms with van der Waals surface area (Å²) in [4.78, 5) is 2.63.